The lowest BCUT2D eigenvalue weighted by atomic mass is 10.2. The van der Waals surface area contributed by atoms with E-state index < -0.39 is 10.0 Å². The lowest BCUT2D eigenvalue weighted by Crippen LogP contribution is -2.24. The second-order valence-corrected chi connectivity index (χ2v) is 7.17. The molecular formula is C14H18FN5O4S. The maximum Gasteiger partial charge on any atom is 0.208 e. The predicted octanol–water partition coefficient (Wildman–Crippen LogP) is 1.06. The summed E-state index contributed by atoms with van der Waals surface area (Å²) in [6.07, 6.45) is 1.87. The number of rotatable bonds is 7. The number of aliphatic imine (C=N–C) groups is 1. The quantitative estimate of drug-likeness (QED) is 0.287. The minimum atomic E-state index is -3.26. The molecule has 0 amide bonds. The summed E-state index contributed by atoms with van der Waals surface area (Å²) in [7, 11) is -3.26. The lowest BCUT2D eigenvalue weighted by Gasteiger charge is -2.05. The van der Waals surface area contributed by atoms with Gasteiger partial charge in [-0.2, -0.15) is 0 Å². The summed E-state index contributed by atoms with van der Waals surface area (Å²) in [6.45, 7) is 1.82. The minimum Gasteiger partial charge on any atom is -0.290 e. The van der Waals surface area contributed by atoms with Crippen LogP contribution in [0.4, 0.5) is 10.1 Å². The van der Waals surface area contributed by atoms with Crippen LogP contribution in [-0.4, -0.2) is 42.6 Å². The number of hydrogen-bond donors (Lipinski definition) is 3. The molecule has 1 aromatic heterocycles. The van der Waals surface area contributed by atoms with E-state index in [1.54, 1.807) is 6.92 Å². The Labute approximate surface area is 143 Å². The van der Waals surface area contributed by atoms with E-state index in [0.717, 1.165) is 6.26 Å². The Morgan fingerprint density at radius 2 is 2.16 bits per heavy atom. The number of benzene rings is 1. The molecule has 0 radical (unpaired) electrons. The number of nitrogens with zero attached hydrogens (tertiary/aromatic N) is 3. The van der Waals surface area contributed by atoms with Crippen molar-refractivity contribution in [1.82, 2.24) is 20.5 Å². The van der Waals surface area contributed by atoms with E-state index in [-0.39, 0.29) is 23.9 Å². The molecule has 0 saturated heterocycles. The van der Waals surface area contributed by atoms with Gasteiger partial charge in [0.1, 0.15) is 11.5 Å². The fraction of sp³-hybridized carbons (Fsp3) is 0.357. The first-order chi connectivity index (χ1) is 11.8. The highest BCUT2D eigenvalue weighted by Crippen LogP contribution is 2.18. The Kier molecular flexibility index (Phi) is 6.17. The third-order valence-electron chi connectivity index (χ3n) is 3.22. The zero-order chi connectivity index (χ0) is 18.4. The monoisotopic (exact) mass is 371 g/mol. The van der Waals surface area contributed by atoms with E-state index in [2.05, 4.69) is 24.7 Å². The van der Waals surface area contributed by atoms with Gasteiger partial charge in [-0.3, -0.25) is 10.7 Å². The number of hydrogen-bond acceptors (Lipinski definition) is 7. The van der Waals surface area contributed by atoms with Gasteiger partial charge in [0.05, 0.1) is 11.9 Å². The molecule has 1 aromatic carbocycles. The van der Waals surface area contributed by atoms with Gasteiger partial charge < -0.3 is 0 Å². The molecule has 0 aliphatic carbocycles. The third-order valence-corrected chi connectivity index (χ3v) is 3.95. The van der Waals surface area contributed by atoms with Crippen LogP contribution in [0.5, 0.6) is 0 Å². The molecule has 0 spiro atoms. The summed E-state index contributed by atoms with van der Waals surface area (Å²) in [5.41, 5.74) is 3.32. The molecule has 25 heavy (non-hydrogen) atoms. The van der Waals surface area contributed by atoms with Gasteiger partial charge in [-0.1, -0.05) is 5.16 Å². The van der Waals surface area contributed by atoms with Crippen LogP contribution in [0.1, 0.15) is 23.4 Å². The largest absolute Gasteiger partial charge is 0.290 e. The molecule has 0 bridgehead atoms. The van der Waals surface area contributed by atoms with E-state index in [0.29, 0.717) is 29.8 Å². The smallest absolute Gasteiger partial charge is 0.208 e. The van der Waals surface area contributed by atoms with Gasteiger partial charge in [-0.05, 0) is 48.7 Å². The number of sulfonamides is 1. The van der Waals surface area contributed by atoms with Gasteiger partial charge in [0.25, 0.3) is 0 Å². The van der Waals surface area contributed by atoms with E-state index >= 15 is 0 Å². The molecule has 2 aromatic rings. The van der Waals surface area contributed by atoms with Gasteiger partial charge in [0.15, 0.2) is 11.5 Å². The average molecular weight is 371 g/mol. The van der Waals surface area contributed by atoms with E-state index in [1.807, 2.05) is 5.48 Å². The first kappa shape index (κ1) is 19.0. The van der Waals surface area contributed by atoms with Crippen molar-refractivity contribution in [3.63, 3.8) is 0 Å². The fourth-order valence-corrected chi connectivity index (χ4v) is 2.54. The van der Waals surface area contributed by atoms with E-state index in [9.17, 15) is 18.0 Å². The Hall–Kier alpha value is -2.37. The summed E-state index contributed by atoms with van der Waals surface area (Å²) in [6, 6.07) is 4.22. The summed E-state index contributed by atoms with van der Waals surface area (Å²) < 4.78 is 42.4. The third kappa shape index (κ3) is 5.59. The number of aryl methyl sites for hydroxylation is 2. The molecule has 3 N–H and O–H groups in total. The Bertz CT molecular complexity index is 866. The average Bonchev–Trinajstić information content (AvgIpc) is 3.00. The predicted molar refractivity (Wildman–Crippen MR) is 87.7 cm³/mol. The summed E-state index contributed by atoms with van der Waals surface area (Å²) in [5.74, 6) is -0.377. The molecule has 136 valence electrons. The van der Waals surface area contributed by atoms with Crippen molar-refractivity contribution in [2.24, 2.45) is 4.99 Å². The van der Waals surface area contributed by atoms with Crippen molar-refractivity contribution in [3.05, 3.63) is 41.0 Å². The van der Waals surface area contributed by atoms with Crippen LogP contribution in [0.3, 0.4) is 0 Å². The lowest BCUT2D eigenvalue weighted by molar-refractivity contribution is 0.234. The van der Waals surface area contributed by atoms with Gasteiger partial charge in [-0.25, -0.2) is 27.2 Å². The van der Waals surface area contributed by atoms with Crippen LogP contribution < -0.4 is 10.2 Å². The van der Waals surface area contributed by atoms with Crippen LogP contribution in [0.15, 0.2) is 27.8 Å². The number of hydroxylamine groups is 1. The Balaban J connectivity index is 2.14. The zero-order valence-corrected chi connectivity index (χ0v) is 14.5. The Morgan fingerprint density at radius 1 is 1.40 bits per heavy atom. The van der Waals surface area contributed by atoms with Crippen molar-refractivity contribution < 1.29 is 22.6 Å². The van der Waals surface area contributed by atoms with Crippen molar-refractivity contribution in [2.75, 3.05) is 12.8 Å². The maximum atomic E-state index is 13.3. The first-order valence-corrected chi connectivity index (χ1v) is 9.20. The van der Waals surface area contributed by atoms with Crippen LogP contribution in [0.2, 0.25) is 0 Å². The van der Waals surface area contributed by atoms with Crippen LogP contribution in [-0.2, 0) is 16.4 Å². The molecule has 0 aliphatic rings. The van der Waals surface area contributed by atoms with Gasteiger partial charge in [0.2, 0.25) is 10.0 Å². The molecular weight excluding hydrogens is 353 g/mol. The molecule has 0 atom stereocenters. The van der Waals surface area contributed by atoms with Gasteiger partial charge in [-0.15, -0.1) is 0 Å². The fourth-order valence-electron chi connectivity index (χ4n) is 2.02. The molecule has 0 saturated carbocycles. The van der Waals surface area contributed by atoms with Crippen molar-refractivity contribution in [3.8, 4) is 0 Å². The SMILES string of the molecule is Cc1cc(N=C(NO)c2nonc2CCCNS(C)(=O)=O)ccc1F. The minimum absolute atomic E-state index is 0.0154. The second-order valence-electron chi connectivity index (χ2n) is 5.34. The Morgan fingerprint density at radius 3 is 2.80 bits per heavy atom. The van der Waals surface area contributed by atoms with Crippen molar-refractivity contribution in [2.45, 2.75) is 19.8 Å². The normalized spacial score (nSPS) is 12.4. The number of nitrogens with one attached hydrogen (secondary N) is 2. The number of halogens is 1. The highest BCUT2D eigenvalue weighted by molar-refractivity contribution is 7.88. The van der Waals surface area contributed by atoms with Crippen molar-refractivity contribution >= 4 is 21.5 Å². The van der Waals surface area contributed by atoms with Crippen LogP contribution in [0.25, 0.3) is 0 Å². The highest BCUT2D eigenvalue weighted by atomic mass is 32.2. The summed E-state index contributed by atoms with van der Waals surface area (Å²) in [4.78, 5) is 4.16. The van der Waals surface area contributed by atoms with E-state index in [4.69, 9.17) is 0 Å². The zero-order valence-electron chi connectivity index (χ0n) is 13.7. The molecule has 9 nitrogen and oxygen atoms in total. The maximum absolute atomic E-state index is 13.3. The van der Waals surface area contributed by atoms with Crippen molar-refractivity contribution in [1.29, 1.82) is 0 Å². The second kappa shape index (κ2) is 8.14. The van der Waals surface area contributed by atoms with Gasteiger partial charge >= 0.3 is 0 Å². The first-order valence-electron chi connectivity index (χ1n) is 7.31. The molecule has 1 heterocycles. The molecule has 11 heteroatoms. The van der Waals surface area contributed by atoms with Crippen LogP contribution in [0, 0.1) is 12.7 Å². The summed E-state index contributed by atoms with van der Waals surface area (Å²) in [5, 5.41) is 16.8. The molecule has 0 unspecified atom stereocenters. The molecule has 0 fully saturated rings. The number of amidine groups is 1. The van der Waals surface area contributed by atoms with Gasteiger partial charge in [0, 0.05) is 6.54 Å². The molecule has 0 aliphatic heterocycles. The summed E-state index contributed by atoms with van der Waals surface area (Å²) >= 11 is 0. The highest BCUT2D eigenvalue weighted by Gasteiger charge is 2.16. The van der Waals surface area contributed by atoms with Crippen LogP contribution >= 0.6 is 0 Å². The topological polar surface area (TPSA) is 130 Å². The standard InChI is InChI=1S/C14H18FN5O4S/c1-9-8-10(5-6-11(9)15)17-14(18-21)13-12(19-24-20-13)4-3-7-16-25(2,22)23/h5-6,8,16,21H,3-4,7H2,1-2H3,(H,17,18). The molecule has 2 rings (SSSR count). The van der Waals surface area contributed by atoms with E-state index in [1.165, 1.54) is 18.2 Å². The number of aromatic nitrogens is 2.